The van der Waals surface area contributed by atoms with Gasteiger partial charge in [0.2, 0.25) is 0 Å². The van der Waals surface area contributed by atoms with Gasteiger partial charge in [-0.2, -0.15) is 5.11 Å². The van der Waals surface area contributed by atoms with E-state index < -0.39 is 11.9 Å². The zero-order valence-electron chi connectivity index (χ0n) is 16.5. The number of hydrogen-bond donors (Lipinski definition) is 3. The number of anilines is 1. The number of azo groups is 1. The SMILES string of the molecule is O=C(O)c1ccc(N=Nc2c(O)c(C(=O)Nc3ccc(Cl)cc3)cc3ccccc23)cc1. The highest BCUT2D eigenvalue weighted by Gasteiger charge is 2.18. The lowest BCUT2D eigenvalue weighted by molar-refractivity contribution is 0.0696. The van der Waals surface area contributed by atoms with Crippen LogP contribution in [0, 0.1) is 0 Å². The number of aromatic carboxylic acids is 1. The summed E-state index contributed by atoms with van der Waals surface area (Å²) in [4.78, 5) is 23.9. The maximum atomic E-state index is 12.9. The lowest BCUT2D eigenvalue weighted by atomic mass is 10.0. The highest BCUT2D eigenvalue weighted by atomic mass is 35.5. The largest absolute Gasteiger partial charge is 0.505 e. The smallest absolute Gasteiger partial charge is 0.335 e. The molecule has 8 heteroatoms. The van der Waals surface area contributed by atoms with Gasteiger partial charge in [0.05, 0.1) is 16.8 Å². The van der Waals surface area contributed by atoms with Gasteiger partial charge in [-0.05, 0) is 60.0 Å². The summed E-state index contributed by atoms with van der Waals surface area (Å²) in [5.41, 5.74) is 1.21. The Morgan fingerprint density at radius 1 is 0.875 bits per heavy atom. The summed E-state index contributed by atoms with van der Waals surface area (Å²) in [5.74, 6) is -1.88. The molecule has 0 aromatic heterocycles. The number of aromatic hydroxyl groups is 1. The minimum absolute atomic E-state index is 0.0359. The van der Waals surface area contributed by atoms with Crippen LogP contribution < -0.4 is 5.32 Å². The third-order valence-corrected chi connectivity index (χ3v) is 4.97. The maximum Gasteiger partial charge on any atom is 0.335 e. The molecule has 0 aliphatic carbocycles. The van der Waals surface area contributed by atoms with Crippen LogP contribution in [0.2, 0.25) is 5.02 Å². The minimum atomic E-state index is -1.04. The molecule has 0 aliphatic heterocycles. The van der Waals surface area contributed by atoms with Gasteiger partial charge in [0.25, 0.3) is 5.91 Å². The highest BCUT2D eigenvalue weighted by molar-refractivity contribution is 6.30. The Morgan fingerprint density at radius 3 is 2.25 bits per heavy atom. The summed E-state index contributed by atoms with van der Waals surface area (Å²) in [6.07, 6.45) is 0. The van der Waals surface area contributed by atoms with Crippen molar-refractivity contribution >= 4 is 51.3 Å². The molecule has 0 saturated heterocycles. The fourth-order valence-corrected chi connectivity index (χ4v) is 3.23. The molecule has 4 aromatic carbocycles. The van der Waals surface area contributed by atoms with E-state index in [4.69, 9.17) is 16.7 Å². The van der Waals surface area contributed by atoms with Gasteiger partial charge in [-0.15, -0.1) is 5.11 Å². The summed E-state index contributed by atoms with van der Waals surface area (Å²) >= 11 is 5.88. The third kappa shape index (κ3) is 4.43. The lowest BCUT2D eigenvalue weighted by Crippen LogP contribution is -2.12. The van der Waals surface area contributed by atoms with Crippen LogP contribution in [-0.2, 0) is 0 Å². The van der Waals surface area contributed by atoms with Gasteiger partial charge in [0, 0.05) is 16.1 Å². The van der Waals surface area contributed by atoms with E-state index in [0.29, 0.717) is 27.2 Å². The Morgan fingerprint density at radius 2 is 1.56 bits per heavy atom. The first kappa shape index (κ1) is 21.0. The van der Waals surface area contributed by atoms with Crippen molar-refractivity contribution in [3.8, 4) is 5.75 Å². The molecule has 0 bridgehead atoms. The number of benzene rings is 4. The molecule has 0 spiro atoms. The van der Waals surface area contributed by atoms with Crippen molar-refractivity contribution < 1.29 is 19.8 Å². The predicted octanol–water partition coefficient (Wildman–Crippen LogP) is 6.56. The number of carbonyl (C=O) groups is 2. The quantitative estimate of drug-likeness (QED) is 0.302. The van der Waals surface area contributed by atoms with Crippen LogP contribution >= 0.6 is 11.6 Å². The van der Waals surface area contributed by atoms with Crippen LogP contribution in [0.3, 0.4) is 0 Å². The number of amides is 1. The molecular weight excluding hydrogens is 430 g/mol. The van der Waals surface area contributed by atoms with E-state index >= 15 is 0 Å². The Balaban J connectivity index is 1.72. The number of phenols is 1. The molecule has 158 valence electrons. The second-order valence-corrected chi connectivity index (χ2v) is 7.29. The second kappa shape index (κ2) is 8.87. The van der Waals surface area contributed by atoms with Crippen molar-refractivity contribution in [3.05, 3.63) is 95.0 Å². The van der Waals surface area contributed by atoms with E-state index in [-0.39, 0.29) is 22.6 Å². The molecule has 0 heterocycles. The fourth-order valence-electron chi connectivity index (χ4n) is 3.10. The minimum Gasteiger partial charge on any atom is -0.505 e. The van der Waals surface area contributed by atoms with Crippen molar-refractivity contribution in [2.45, 2.75) is 0 Å². The first-order chi connectivity index (χ1) is 15.4. The summed E-state index contributed by atoms with van der Waals surface area (Å²) in [6.45, 7) is 0. The Labute approximate surface area is 187 Å². The molecule has 4 aromatic rings. The van der Waals surface area contributed by atoms with Gasteiger partial charge in [-0.25, -0.2) is 4.79 Å². The van der Waals surface area contributed by atoms with Crippen LogP contribution in [-0.4, -0.2) is 22.1 Å². The monoisotopic (exact) mass is 445 g/mol. The molecule has 32 heavy (non-hydrogen) atoms. The average molecular weight is 446 g/mol. The number of carboxylic acid groups (broad SMARTS) is 1. The van der Waals surface area contributed by atoms with Crippen LogP contribution in [0.4, 0.5) is 17.1 Å². The topological polar surface area (TPSA) is 111 Å². The molecule has 0 fully saturated rings. The number of halogens is 1. The summed E-state index contributed by atoms with van der Waals surface area (Å²) in [6, 6.07) is 21.2. The van der Waals surface area contributed by atoms with Crippen molar-refractivity contribution in [2.24, 2.45) is 10.2 Å². The number of phenolic OH excluding ortho intramolecular Hbond substituents is 1. The van der Waals surface area contributed by atoms with Gasteiger partial charge < -0.3 is 15.5 Å². The number of fused-ring (bicyclic) bond motifs is 1. The van der Waals surface area contributed by atoms with Gasteiger partial charge in [-0.1, -0.05) is 35.9 Å². The number of rotatable bonds is 5. The first-order valence-electron chi connectivity index (χ1n) is 9.49. The molecule has 4 rings (SSSR count). The van der Waals surface area contributed by atoms with Crippen molar-refractivity contribution in [1.82, 2.24) is 0 Å². The highest BCUT2D eigenvalue weighted by Crippen LogP contribution is 2.39. The summed E-state index contributed by atoms with van der Waals surface area (Å²) in [5, 5.41) is 32.7. The zero-order valence-corrected chi connectivity index (χ0v) is 17.2. The normalized spacial score (nSPS) is 11.0. The Kier molecular flexibility index (Phi) is 5.83. The van der Waals surface area contributed by atoms with E-state index in [1.165, 1.54) is 24.3 Å². The zero-order chi connectivity index (χ0) is 22.7. The van der Waals surface area contributed by atoms with Gasteiger partial charge in [-0.3, -0.25) is 4.79 Å². The number of carboxylic acids is 1. The molecule has 7 nitrogen and oxygen atoms in total. The molecular formula is C24H16ClN3O4. The molecule has 0 unspecified atom stereocenters. The molecule has 0 aliphatic rings. The van der Waals surface area contributed by atoms with E-state index in [0.717, 1.165) is 0 Å². The Bertz CT molecular complexity index is 1350. The van der Waals surface area contributed by atoms with Crippen molar-refractivity contribution in [2.75, 3.05) is 5.32 Å². The van der Waals surface area contributed by atoms with Gasteiger partial charge in [0.15, 0.2) is 5.75 Å². The van der Waals surface area contributed by atoms with E-state index in [2.05, 4.69) is 15.5 Å². The number of carbonyl (C=O) groups excluding carboxylic acids is 1. The van der Waals surface area contributed by atoms with Crippen molar-refractivity contribution in [1.29, 1.82) is 0 Å². The maximum absolute atomic E-state index is 12.9. The molecule has 0 saturated carbocycles. The fraction of sp³-hybridized carbons (Fsp3) is 0. The van der Waals surface area contributed by atoms with Crippen molar-refractivity contribution in [3.63, 3.8) is 0 Å². The first-order valence-corrected chi connectivity index (χ1v) is 9.87. The predicted molar refractivity (Wildman–Crippen MR) is 123 cm³/mol. The van der Waals surface area contributed by atoms with Crippen LogP contribution in [0.1, 0.15) is 20.7 Å². The van der Waals surface area contributed by atoms with Crippen LogP contribution in [0.15, 0.2) is 89.1 Å². The molecule has 0 atom stereocenters. The van der Waals surface area contributed by atoms with E-state index in [9.17, 15) is 14.7 Å². The van der Waals surface area contributed by atoms with E-state index in [1.54, 1.807) is 48.5 Å². The summed E-state index contributed by atoms with van der Waals surface area (Å²) in [7, 11) is 0. The Hall–Kier alpha value is -4.23. The molecule has 0 radical (unpaired) electrons. The molecule has 3 N–H and O–H groups in total. The number of hydrogen-bond acceptors (Lipinski definition) is 5. The number of nitrogens with zero attached hydrogens (tertiary/aromatic N) is 2. The standard InChI is InChI=1S/C24H16ClN3O4/c25-16-7-11-17(12-8-16)26-23(30)20-13-15-3-1-2-4-19(15)21(22(20)29)28-27-18-9-5-14(6-10-18)24(31)32/h1-13,29H,(H,26,30)(H,31,32). The lowest BCUT2D eigenvalue weighted by Gasteiger charge is -2.11. The third-order valence-electron chi connectivity index (χ3n) is 4.72. The van der Waals surface area contributed by atoms with Gasteiger partial charge in [0.1, 0.15) is 5.69 Å². The van der Waals surface area contributed by atoms with Crippen LogP contribution in [0.5, 0.6) is 5.75 Å². The van der Waals surface area contributed by atoms with Crippen LogP contribution in [0.25, 0.3) is 10.8 Å². The second-order valence-electron chi connectivity index (χ2n) is 6.86. The average Bonchev–Trinajstić information content (AvgIpc) is 2.80. The van der Waals surface area contributed by atoms with Gasteiger partial charge >= 0.3 is 5.97 Å². The number of nitrogens with one attached hydrogen (secondary N) is 1. The van der Waals surface area contributed by atoms with E-state index in [1.807, 2.05) is 6.07 Å². The molecule has 1 amide bonds. The summed E-state index contributed by atoms with van der Waals surface area (Å²) < 4.78 is 0.